The summed E-state index contributed by atoms with van der Waals surface area (Å²) in [5.41, 5.74) is 3.37. The fraction of sp³-hybridized carbons (Fsp3) is 0.364. The van der Waals surface area contributed by atoms with Crippen molar-refractivity contribution >= 4 is 38.6 Å². The molecule has 3 N–H and O–H groups in total. The van der Waals surface area contributed by atoms with Gasteiger partial charge in [0.05, 0.1) is 16.3 Å². The van der Waals surface area contributed by atoms with E-state index in [9.17, 15) is 9.59 Å². The lowest BCUT2D eigenvalue weighted by atomic mass is 9.88. The Morgan fingerprint density at radius 1 is 0.902 bits per heavy atom. The highest BCUT2D eigenvalue weighted by atomic mass is 32.1. The van der Waals surface area contributed by atoms with Crippen LogP contribution in [0.5, 0.6) is 0 Å². The summed E-state index contributed by atoms with van der Waals surface area (Å²) >= 11 is 1.49. The molecule has 3 amide bonds. The van der Waals surface area contributed by atoms with Crippen molar-refractivity contribution in [2.75, 3.05) is 31.5 Å². The number of rotatable bonds is 12. The fourth-order valence-corrected chi connectivity index (χ4v) is 6.29. The molecule has 0 spiro atoms. The largest absolute Gasteiger partial charge is 0.355 e. The SMILES string of the molecule is O=C(NCCCCN(CCC(c1ccccc1)c1ccccc1)C(=O)Nc1nc2ccccc2s1)C1CCCCN1. The third-order valence-electron chi connectivity index (χ3n) is 7.67. The first kappa shape index (κ1) is 28.8. The lowest BCUT2D eigenvalue weighted by Gasteiger charge is -2.26. The summed E-state index contributed by atoms with van der Waals surface area (Å²) in [6, 6.07) is 28.7. The van der Waals surface area contributed by atoms with E-state index in [2.05, 4.69) is 69.5 Å². The smallest absolute Gasteiger partial charge is 0.323 e. The minimum Gasteiger partial charge on any atom is -0.355 e. The molecule has 0 radical (unpaired) electrons. The minimum absolute atomic E-state index is 0.0762. The molecule has 0 bridgehead atoms. The second-order valence-corrected chi connectivity index (χ2v) is 11.6. The van der Waals surface area contributed by atoms with Crippen LogP contribution in [0.3, 0.4) is 0 Å². The summed E-state index contributed by atoms with van der Waals surface area (Å²) in [5, 5.41) is 10.0. The molecule has 5 rings (SSSR count). The minimum atomic E-state index is -0.139. The van der Waals surface area contributed by atoms with Crippen LogP contribution in [0.2, 0.25) is 0 Å². The van der Waals surface area contributed by atoms with E-state index < -0.39 is 0 Å². The zero-order valence-electron chi connectivity index (χ0n) is 23.4. The number of hydrogen-bond donors (Lipinski definition) is 3. The standard InChI is InChI=1S/C33H39N5O2S/c39-31(29-18-9-10-21-34-29)35-22-11-12-23-38(33(40)37-32-36-28-17-7-8-19-30(28)41-32)24-20-27(25-13-3-1-4-14-25)26-15-5-2-6-16-26/h1-8,13-17,19,27,29,34H,9-12,18,20-24H2,(H,35,39)(H,36,37,40). The van der Waals surface area contributed by atoms with Crippen molar-refractivity contribution < 1.29 is 9.59 Å². The van der Waals surface area contributed by atoms with Crippen molar-refractivity contribution in [1.82, 2.24) is 20.5 Å². The third-order valence-corrected chi connectivity index (χ3v) is 8.62. The number of urea groups is 1. The van der Waals surface area contributed by atoms with Crippen molar-refractivity contribution in [2.24, 2.45) is 0 Å². The van der Waals surface area contributed by atoms with Gasteiger partial charge >= 0.3 is 6.03 Å². The van der Waals surface area contributed by atoms with Crippen LogP contribution in [0, 0.1) is 0 Å². The van der Waals surface area contributed by atoms with Gasteiger partial charge < -0.3 is 15.5 Å². The van der Waals surface area contributed by atoms with Gasteiger partial charge in [-0.2, -0.15) is 0 Å². The molecule has 4 aromatic rings. The van der Waals surface area contributed by atoms with Gasteiger partial charge in [0.15, 0.2) is 5.13 Å². The van der Waals surface area contributed by atoms with E-state index in [1.165, 1.54) is 22.5 Å². The van der Waals surface area contributed by atoms with Gasteiger partial charge in [-0.3, -0.25) is 10.1 Å². The van der Waals surface area contributed by atoms with Gasteiger partial charge in [-0.25, -0.2) is 9.78 Å². The molecule has 3 aromatic carbocycles. The second-order valence-electron chi connectivity index (χ2n) is 10.6. The number of benzene rings is 3. The van der Waals surface area contributed by atoms with Gasteiger partial charge in [-0.1, -0.05) is 90.6 Å². The highest BCUT2D eigenvalue weighted by Crippen LogP contribution is 2.29. The van der Waals surface area contributed by atoms with Crippen molar-refractivity contribution in [2.45, 2.75) is 50.5 Å². The van der Waals surface area contributed by atoms with Crippen LogP contribution in [0.25, 0.3) is 10.2 Å². The maximum Gasteiger partial charge on any atom is 0.323 e. The Morgan fingerprint density at radius 2 is 1.61 bits per heavy atom. The van der Waals surface area contributed by atoms with Gasteiger partial charge in [0, 0.05) is 25.6 Å². The van der Waals surface area contributed by atoms with Gasteiger partial charge in [0.25, 0.3) is 0 Å². The quantitative estimate of drug-likeness (QED) is 0.173. The third kappa shape index (κ3) is 8.15. The van der Waals surface area contributed by atoms with Crippen LogP contribution in [-0.2, 0) is 4.79 Å². The first-order chi connectivity index (χ1) is 20.2. The molecule has 214 valence electrons. The van der Waals surface area contributed by atoms with Crippen molar-refractivity contribution in [3.63, 3.8) is 0 Å². The number of nitrogens with one attached hydrogen (secondary N) is 3. The molecule has 1 saturated heterocycles. The van der Waals surface area contributed by atoms with E-state index in [0.717, 1.165) is 55.3 Å². The van der Waals surface area contributed by atoms with E-state index in [0.29, 0.717) is 24.8 Å². The van der Waals surface area contributed by atoms with E-state index in [-0.39, 0.29) is 23.9 Å². The number of carbonyl (C=O) groups is 2. The summed E-state index contributed by atoms with van der Waals surface area (Å²) in [6.45, 7) is 2.72. The number of amides is 3. The molecule has 0 aliphatic carbocycles. The van der Waals surface area contributed by atoms with Crippen LogP contribution >= 0.6 is 11.3 Å². The molecular weight excluding hydrogens is 530 g/mol. The van der Waals surface area contributed by atoms with E-state index in [1.807, 2.05) is 41.3 Å². The normalized spacial score (nSPS) is 15.1. The van der Waals surface area contributed by atoms with Crippen molar-refractivity contribution in [3.05, 3.63) is 96.1 Å². The lowest BCUT2D eigenvalue weighted by molar-refractivity contribution is -0.123. The van der Waals surface area contributed by atoms with Gasteiger partial charge in [-0.15, -0.1) is 0 Å². The Balaban J connectivity index is 1.23. The van der Waals surface area contributed by atoms with Crippen LogP contribution < -0.4 is 16.0 Å². The first-order valence-electron chi connectivity index (χ1n) is 14.7. The summed E-state index contributed by atoms with van der Waals surface area (Å²) < 4.78 is 1.05. The topological polar surface area (TPSA) is 86.4 Å². The molecule has 1 atom stereocenters. The molecule has 1 aromatic heterocycles. The zero-order chi connectivity index (χ0) is 28.3. The molecule has 41 heavy (non-hydrogen) atoms. The molecule has 1 aliphatic rings. The predicted molar refractivity (Wildman–Crippen MR) is 167 cm³/mol. The monoisotopic (exact) mass is 569 g/mol. The Morgan fingerprint density at radius 3 is 2.29 bits per heavy atom. The first-order valence-corrected chi connectivity index (χ1v) is 15.5. The summed E-state index contributed by atoms with van der Waals surface area (Å²) in [4.78, 5) is 32.5. The summed E-state index contributed by atoms with van der Waals surface area (Å²) in [5.74, 6) is 0.265. The average Bonchev–Trinajstić information content (AvgIpc) is 3.43. The number of nitrogens with zero attached hydrogens (tertiary/aromatic N) is 2. The van der Waals surface area contributed by atoms with E-state index in [4.69, 9.17) is 0 Å². The molecule has 8 heteroatoms. The fourth-order valence-electron chi connectivity index (χ4n) is 5.43. The molecule has 1 unspecified atom stereocenters. The molecule has 1 aliphatic heterocycles. The highest BCUT2D eigenvalue weighted by Gasteiger charge is 2.21. The lowest BCUT2D eigenvalue weighted by Crippen LogP contribution is -2.46. The Hall–Kier alpha value is -3.75. The molecule has 7 nitrogen and oxygen atoms in total. The predicted octanol–water partition coefficient (Wildman–Crippen LogP) is 6.39. The van der Waals surface area contributed by atoms with Crippen LogP contribution in [0.1, 0.15) is 55.6 Å². The van der Waals surface area contributed by atoms with Crippen molar-refractivity contribution in [3.8, 4) is 0 Å². The summed E-state index contributed by atoms with van der Waals surface area (Å²) in [6.07, 6.45) is 5.53. The number of piperidine rings is 1. The Bertz CT molecular complexity index is 1320. The number of thiazole rings is 1. The number of para-hydroxylation sites is 1. The maximum atomic E-state index is 13.6. The average molecular weight is 570 g/mol. The summed E-state index contributed by atoms with van der Waals surface area (Å²) in [7, 11) is 0. The number of hydrogen-bond acceptors (Lipinski definition) is 5. The molecule has 2 heterocycles. The highest BCUT2D eigenvalue weighted by molar-refractivity contribution is 7.22. The second kappa shape index (κ2) is 14.8. The Labute approximate surface area is 246 Å². The number of carbonyl (C=O) groups excluding carboxylic acids is 2. The Kier molecular flexibility index (Phi) is 10.4. The van der Waals surface area contributed by atoms with E-state index in [1.54, 1.807) is 0 Å². The molecular formula is C33H39N5O2S. The van der Waals surface area contributed by atoms with Gasteiger partial charge in [0.1, 0.15) is 0 Å². The number of fused-ring (bicyclic) bond motifs is 1. The van der Waals surface area contributed by atoms with Crippen molar-refractivity contribution in [1.29, 1.82) is 0 Å². The van der Waals surface area contributed by atoms with Gasteiger partial charge in [-0.05, 0) is 61.9 Å². The molecule has 1 fully saturated rings. The van der Waals surface area contributed by atoms with Crippen LogP contribution in [0.4, 0.5) is 9.93 Å². The zero-order valence-corrected chi connectivity index (χ0v) is 24.2. The van der Waals surface area contributed by atoms with Crippen LogP contribution in [0.15, 0.2) is 84.9 Å². The maximum absolute atomic E-state index is 13.6. The van der Waals surface area contributed by atoms with Gasteiger partial charge in [0.2, 0.25) is 5.91 Å². The molecule has 0 saturated carbocycles. The van der Waals surface area contributed by atoms with Crippen LogP contribution in [-0.4, -0.2) is 54.0 Å². The van der Waals surface area contributed by atoms with E-state index >= 15 is 0 Å². The number of aromatic nitrogens is 1. The number of unbranched alkanes of at least 4 members (excludes halogenated alkanes) is 1. The number of anilines is 1.